The average molecular weight is 340 g/mol. The smallest absolute Gasteiger partial charge is 0.143 e. The van der Waals surface area contributed by atoms with Crippen molar-refractivity contribution >= 4 is 0 Å². The quantitative estimate of drug-likeness (QED) is 0.249. The van der Waals surface area contributed by atoms with Gasteiger partial charge in [-0.2, -0.15) is 0 Å². The van der Waals surface area contributed by atoms with E-state index in [1.54, 1.807) is 0 Å². The normalized spacial score (nSPS) is 47.9. The van der Waals surface area contributed by atoms with Crippen molar-refractivity contribution in [2.24, 2.45) is 0 Å². The van der Waals surface area contributed by atoms with Crippen molar-refractivity contribution in [2.75, 3.05) is 33.0 Å². The summed E-state index contributed by atoms with van der Waals surface area (Å²) in [4.78, 5) is 0. The molecule has 2 aliphatic rings. The Labute approximate surface area is 132 Å². The van der Waals surface area contributed by atoms with Crippen molar-refractivity contribution in [2.45, 2.75) is 48.3 Å². The number of ether oxygens (including phenoxy) is 3. The summed E-state index contributed by atoms with van der Waals surface area (Å²) >= 11 is 0. The molecule has 2 rings (SSSR count). The summed E-state index contributed by atoms with van der Waals surface area (Å²) < 4.78 is 15.8. The summed E-state index contributed by atoms with van der Waals surface area (Å²) in [5.41, 5.74) is -1.61. The SMILES string of the molecule is OC[C@H]1O[C@@](CO)(COC[C@H]2OC[C@@H](O)[C@@H](O)C2O)[C@H](O)C1O. The lowest BCUT2D eigenvalue weighted by molar-refractivity contribution is -0.210. The van der Waals surface area contributed by atoms with E-state index < -0.39 is 61.5 Å². The monoisotopic (exact) mass is 340 g/mol. The molecule has 0 aliphatic carbocycles. The first-order valence-electron chi connectivity index (χ1n) is 7.35. The lowest BCUT2D eigenvalue weighted by Crippen LogP contribution is -2.55. The average Bonchev–Trinajstić information content (AvgIpc) is 2.80. The maximum Gasteiger partial charge on any atom is 0.143 e. The maximum absolute atomic E-state index is 10.00. The minimum atomic E-state index is -1.61. The number of aliphatic hydroxyl groups excluding tert-OH is 7. The molecule has 0 saturated carbocycles. The fourth-order valence-electron chi connectivity index (χ4n) is 2.76. The van der Waals surface area contributed by atoms with Crippen molar-refractivity contribution in [3.05, 3.63) is 0 Å². The van der Waals surface area contributed by atoms with E-state index >= 15 is 0 Å². The van der Waals surface area contributed by atoms with E-state index in [0.717, 1.165) is 0 Å². The topological polar surface area (TPSA) is 169 Å². The molecule has 2 saturated heterocycles. The number of hydrogen-bond acceptors (Lipinski definition) is 10. The van der Waals surface area contributed by atoms with Crippen LogP contribution in [0, 0.1) is 0 Å². The molecule has 2 heterocycles. The van der Waals surface area contributed by atoms with Crippen LogP contribution in [-0.2, 0) is 14.2 Å². The van der Waals surface area contributed by atoms with E-state index in [-0.39, 0.29) is 19.8 Å². The first kappa shape index (κ1) is 18.9. The molecule has 0 aromatic heterocycles. The Balaban J connectivity index is 1.89. The molecule has 0 radical (unpaired) electrons. The second-order valence-electron chi connectivity index (χ2n) is 5.93. The fourth-order valence-corrected chi connectivity index (χ4v) is 2.76. The van der Waals surface area contributed by atoms with Gasteiger partial charge in [-0.05, 0) is 0 Å². The van der Waals surface area contributed by atoms with Crippen LogP contribution in [-0.4, -0.2) is 117 Å². The molecule has 0 amide bonds. The van der Waals surface area contributed by atoms with E-state index in [1.807, 2.05) is 0 Å². The lowest BCUT2D eigenvalue weighted by Gasteiger charge is -2.36. The summed E-state index contributed by atoms with van der Waals surface area (Å²) in [5.74, 6) is 0. The summed E-state index contributed by atoms with van der Waals surface area (Å²) in [7, 11) is 0. The van der Waals surface area contributed by atoms with Crippen molar-refractivity contribution in [3.8, 4) is 0 Å². The molecule has 10 nitrogen and oxygen atoms in total. The molecule has 0 aromatic rings. The van der Waals surface area contributed by atoms with E-state index in [1.165, 1.54) is 0 Å². The van der Waals surface area contributed by atoms with Crippen LogP contribution in [0.25, 0.3) is 0 Å². The van der Waals surface area contributed by atoms with Gasteiger partial charge < -0.3 is 50.0 Å². The van der Waals surface area contributed by atoms with Crippen LogP contribution in [0.5, 0.6) is 0 Å². The summed E-state index contributed by atoms with van der Waals surface area (Å²) in [6, 6.07) is 0. The van der Waals surface area contributed by atoms with Gasteiger partial charge in [0.05, 0.1) is 33.0 Å². The zero-order valence-corrected chi connectivity index (χ0v) is 12.4. The minimum Gasteiger partial charge on any atom is -0.394 e. The van der Waals surface area contributed by atoms with Gasteiger partial charge in [0.2, 0.25) is 0 Å². The van der Waals surface area contributed by atoms with Crippen LogP contribution < -0.4 is 0 Å². The van der Waals surface area contributed by atoms with Crippen molar-refractivity contribution in [1.82, 2.24) is 0 Å². The van der Waals surface area contributed by atoms with Gasteiger partial charge in [-0.1, -0.05) is 0 Å². The van der Waals surface area contributed by atoms with Crippen LogP contribution in [0.4, 0.5) is 0 Å². The Hall–Kier alpha value is -0.400. The van der Waals surface area contributed by atoms with Gasteiger partial charge in [0.15, 0.2) is 0 Å². The Kier molecular flexibility index (Phi) is 6.30. The van der Waals surface area contributed by atoms with Crippen molar-refractivity contribution in [3.63, 3.8) is 0 Å². The molecule has 7 N–H and O–H groups in total. The number of aliphatic hydroxyl groups is 7. The van der Waals surface area contributed by atoms with E-state index in [4.69, 9.17) is 19.3 Å². The van der Waals surface area contributed by atoms with Gasteiger partial charge in [-0.3, -0.25) is 0 Å². The highest BCUT2D eigenvalue weighted by molar-refractivity contribution is 5.02. The Morgan fingerprint density at radius 2 is 1.65 bits per heavy atom. The molecule has 136 valence electrons. The second-order valence-corrected chi connectivity index (χ2v) is 5.93. The van der Waals surface area contributed by atoms with Gasteiger partial charge in [0.1, 0.15) is 48.3 Å². The van der Waals surface area contributed by atoms with E-state index in [2.05, 4.69) is 0 Å². The highest BCUT2D eigenvalue weighted by atomic mass is 16.6. The zero-order valence-electron chi connectivity index (χ0n) is 12.4. The fraction of sp³-hybridized carbons (Fsp3) is 1.00. The molecule has 0 bridgehead atoms. The Morgan fingerprint density at radius 1 is 0.957 bits per heavy atom. The van der Waals surface area contributed by atoms with Gasteiger partial charge in [-0.15, -0.1) is 0 Å². The largest absolute Gasteiger partial charge is 0.394 e. The van der Waals surface area contributed by atoms with Crippen molar-refractivity contribution in [1.29, 1.82) is 0 Å². The van der Waals surface area contributed by atoms with Crippen molar-refractivity contribution < 1.29 is 50.0 Å². The first-order chi connectivity index (χ1) is 10.9. The predicted molar refractivity (Wildman–Crippen MR) is 72.4 cm³/mol. The molecule has 8 atom stereocenters. The molecule has 2 unspecified atom stereocenters. The predicted octanol–water partition coefficient (Wildman–Crippen LogP) is -4.67. The van der Waals surface area contributed by atoms with Crippen LogP contribution in [0.2, 0.25) is 0 Å². The third kappa shape index (κ3) is 3.66. The Bertz CT molecular complexity index is 382. The second kappa shape index (κ2) is 7.66. The molecule has 10 heteroatoms. The third-order valence-corrected chi connectivity index (χ3v) is 4.31. The first-order valence-corrected chi connectivity index (χ1v) is 7.35. The van der Waals surface area contributed by atoms with Crippen LogP contribution in [0.3, 0.4) is 0 Å². The summed E-state index contributed by atoms with van der Waals surface area (Å²) in [5, 5.41) is 67.0. The molecular formula is C13H24O10. The molecule has 0 aromatic carbocycles. The molecular weight excluding hydrogens is 316 g/mol. The third-order valence-electron chi connectivity index (χ3n) is 4.31. The standard InChI is InChI=1S/C13H24O10/c14-1-7-11(19)12(20)13(4-15,23-7)5-21-3-8-10(18)9(17)6(16)2-22-8/h6-12,14-20H,1-5H2/t6-,7-,8-,9-,10?,11?,12-,13+/m1/s1. The highest BCUT2D eigenvalue weighted by Gasteiger charge is 2.54. The van der Waals surface area contributed by atoms with E-state index in [0.29, 0.717) is 0 Å². The molecule has 23 heavy (non-hydrogen) atoms. The number of rotatable bonds is 6. The molecule has 2 aliphatic heterocycles. The van der Waals surface area contributed by atoms with Crippen LogP contribution in [0.15, 0.2) is 0 Å². The van der Waals surface area contributed by atoms with Gasteiger partial charge >= 0.3 is 0 Å². The van der Waals surface area contributed by atoms with Crippen LogP contribution in [0.1, 0.15) is 0 Å². The molecule has 0 spiro atoms. The minimum absolute atomic E-state index is 0.165. The number of hydrogen-bond donors (Lipinski definition) is 7. The summed E-state index contributed by atoms with van der Waals surface area (Å²) in [6.07, 6.45) is -8.69. The summed E-state index contributed by atoms with van der Waals surface area (Å²) in [6.45, 7) is -1.88. The zero-order chi connectivity index (χ0) is 17.2. The van der Waals surface area contributed by atoms with E-state index in [9.17, 15) is 30.6 Å². The van der Waals surface area contributed by atoms with Gasteiger partial charge in [0.25, 0.3) is 0 Å². The van der Waals surface area contributed by atoms with Gasteiger partial charge in [-0.25, -0.2) is 0 Å². The van der Waals surface area contributed by atoms with Crippen LogP contribution >= 0.6 is 0 Å². The maximum atomic E-state index is 10.00. The van der Waals surface area contributed by atoms with Gasteiger partial charge in [0, 0.05) is 0 Å². The Morgan fingerprint density at radius 3 is 2.22 bits per heavy atom. The highest BCUT2D eigenvalue weighted by Crippen LogP contribution is 2.31. The lowest BCUT2D eigenvalue weighted by atomic mass is 9.96. The molecule has 2 fully saturated rings.